The molecule has 0 saturated heterocycles. The van der Waals surface area contributed by atoms with Gasteiger partial charge >= 0.3 is 5.97 Å². The summed E-state index contributed by atoms with van der Waals surface area (Å²) in [5.41, 5.74) is 0.523. The zero-order valence-corrected chi connectivity index (χ0v) is 17.9. The molecule has 4 saturated carbocycles. The number of hydrogen-bond donors (Lipinski definition) is 3. The van der Waals surface area contributed by atoms with E-state index in [1.165, 1.54) is 25.7 Å². The van der Waals surface area contributed by atoms with Crippen LogP contribution in [0, 0.1) is 46.3 Å². The van der Waals surface area contributed by atoms with Gasteiger partial charge in [0.05, 0.1) is 12.2 Å². The quantitative estimate of drug-likeness (QED) is 0.659. The summed E-state index contributed by atoms with van der Waals surface area (Å²) in [6.45, 7) is 7.16. The van der Waals surface area contributed by atoms with Crippen LogP contribution in [-0.4, -0.2) is 33.5 Å². The SMILES string of the molecule is C[C@H](CCC(=O)O)C1CC[C@H]2[C@@H]3C(O)C[C@@H]4C[C@H](O)CC[C@]4(C)[C@H]3CC[C@]12C. The first-order chi connectivity index (χ1) is 13.2. The molecule has 0 aromatic rings. The molecule has 3 N–H and O–H groups in total. The Hall–Kier alpha value is -0.610. The summed E-state index contributed by atoms with van der Waals surface area (Å²) in [5, 5.41) is 30.5. The highest BCUT2D eigenvalue weighted by Gasteiger charge is 2.62. The van der Waals surface area contributed by atoms with Crippen molar-refractivity contribution in [1.82, 2.24) is 0 Å². The van der Waals surface area contributed by atoms with E-state index in [0.717, 1.165) is 32.1 Å². The summed E-state index contributed by atoms with van der Waals surface area (Å²) < 4.78 is 0. The maximum absolute atomic E-state index is 11.2. The minimum atomic E-state index is -0.684. The van der Waals surface area contributed by atoms with E-state index in [1.807, 2.05) is 0 Å². The number of rotatable bonds is 4. The second-order valence-electron chi connectivity index (χ2n) is 11.4. The van der Waals surface area contributed by atoms with Crippen LogP contribution in [0.15, 0.2) is 0 Å². The average Bonchev–Trinajstić information content (AvgIpc) is 2.98. The van der Waals surface area contributed by atoms with Gasteiger partial charge < -0.3 is 15.3 Å². The number of aliphatic hydroxyl groups is 2. The molecule has 4 nitrogen and oxygen atoms in total. The van der Waals surface area contributed by atoms with E-state index < -0.39 is 5.97 Å². The summed E-state index contributed by atoms with van der Waals surface area (Å²) in [7, 11) is 0. The average molecular weight is 393 g/mol. The first kappa shape index (κ1) is 20.7. The van der Waals surface area contributed by atoms with Gasteiger partial charge in [-0.2, -0.15) is 0 Å². The molecule has 4 fully saturated rings. The number of aliphatic hydroxyl groups excluding tert-OH is 2. The molecule has 4 rings (SSSR count). The smallest absolute Gasteiger partial charge is 0.303 e. The second kappa shape index (κ2) is 7.27. The fourth-order valence-electron chi connectivity index (χ4n) is 8.73. The molecule has 160 valence electrons. The van der Waals surface area contributed by atoms with Crippen molar-refractivity contribution >= 4 is 5.97 Å². The fourth-order valence-corrected chi connectivity index (χ4v) is 8.73. The van der Waals surface area contributed by atoms with E-state index >= 15 is 0 Å². The normalized spacial score (nSPS) is 51.7. The predicted molar refractivity (Wildman–Crippen MR) is 109 cm³/mol. The summed E-state index contributed by atoms with van der Waals surface area (Å²) in [6, 6.07) is 0. The van der Waals surface area contributed by atoms with Crippen LogP contribution in [-0.2, 0) is 4.79 Å². The van der Waals surface area contributed by atoms with E-state index in [1.54, 1.807) is 0 Å². The Kier molecular flexibility index (Phi) is 5.36. The molecular formula is C24H40O4. The summed E-state index contributed by atoms with van der Waals surface area (Å²) >= 11 is 0. The number of carboxylic acid groups (broad SMARTS) is 1. The lowest BCUT2D eigenvalue weighted by Gasteiger charge is -2.62. The van der Waals surface area contributed by atoms with Crippen LogP contribution < -0.4 is 0 Å². The van der Waals surface area contributed by atoms with Crippen LogP contribution in [0.3, 0.4) is 0 Å². The lowest BCUT2D eigenvalue weighted by Crippen LogP contribution is -2.58. The predicted octanol–water partition coefficient (Wildman–Crippen LogP) is 4.48. The van der Waals surface area contributed by atoms with Gasteiger partial charge in [0.15, 0.2) is 0 Å². The lowest BCUT2D eigenvalue weighted by molar-refractivity contribution is -0.174. The highest BCUT2D eigenvalue weighted by molar-refractivity contribution is 5.66. The van der Waals surface area contributed by atoms with Crippen molar-refractivity contribution in [3.8, 4) is 0 Å². The highest BCUT2D eigenvalue weighted by Crippen LogP contribution is 2.68. The van der Waals surface area contributed by atoms with Gasteiger partial charge in [0.2, 0.25) is 0 Å². The molecule has 2 unspecified atom stereocenters. The van der Waals surface area contributed by atoms with Gasteiger partial charge in [-0.05, 0) is 104 Å². The minimum Gasteiger partial charge on any atom is -0.481 e. The summed E-state index contributed by atoms with van der Waals surface area (Å²) in [6.07, 6.45) is 9.19. The Morgan fingerprint density at radius 1 is 1.00 bits per heavy atom. The molecule has 0 bridgehead atoms. The van der Waals surface area contributed by atoms with Gasteiger partial charge in [-0.1, -0.05) is 20.8 Å². The Balaban J connectivity index is 1.55. The van der Waals surface area contributed by atoms with E-state index in [4.69, 9.17) is 5.11 Å². The third-order valence-corrected chi connectivity index (χ3v) is 10.2. The van der Waals surface area contributed by atoms with E-state index in [9.17, 15) is 15.0 Å². The fraction of sp³-hybridized carbons (Fsp3) is 0.958. The van der Waals surface area contributed by atoms with E-state index in [2.05, 4.69) is 20.8 Å². The number of hydrogen-bond acceptors (Lipinski definition) is 3. The molecule has 4 aliphatic carbocycles. The van der Waals surface area contributed by atoms with Crippen molar-refractivity contribution in [2.45, 2.75) is 97.2 Å². The van der Waals surface area contributed by atoms with Gasteiger partial charge in [0.1, 0.15) is 0 Å². The third-order valence-electron chi connectivity index (χ3n) is 10.2. The molecular weight excluding hydrogens is 352 g/mol. The van der Waals surface area contributed by atoms with Crippen LogP contribution in [0.25, 0.3) is 0 Å². The van der Waals surface area contributed by atoms with Crippen LogP contribution >= 0.6 is 0 Å². The third kappa shape index (κ3) is 3.14. The molecule has 0 aliphatic heterocycles. The largest absolute Gasteiger partial charge is 0.481 e. The van der Waals surface area contributed by atoms with Gasteiger partial charge in [-0.3, -0.25) is 4.79 Å². The van der Waals surface area contributed by atoms with Crippen molar-refractivity contribution in [2.24, 2.45) is 46.3 Å². The van der Waals surface area contributed by atoms with E-state index in [0.29, 0.717) is 35.5 Å². The highest BCUT2D eigenvalue weighted by atomic mass is 16.4. The van der Waals surface area contributed by atoms with Crippen molar-refractivity contribution in [3.63, 3.8) is 0 Å². The number of fused-ring (bicyclic) bond motifs is 5. The van der Waals surface area contributed by atoms with Crippen LogP contribution in [0.1, 0.15) is 85.0 Å². The topological polar surface area (TPSA) is 77.8 Å². The first-order valence-electron chi connectivity index (χ1n) is 11.7. The number of aliphatic carboxylic acids is 1. The second-order valence-corrected chi connectivity index (χ2v) is 11.4. The first-order valence-corrected chi connectivity index (χ1v) is 11.7. The Bertz CT molecular complexity index is 605. The zero-order chi connectivity index (χ0) is 20.3. The van der Waals surface area contributed by atoms with Crippen LogP contribution in [0.2, 0.25) is 0 Å². The molecule has 10 atom stereocenters. The molecule has 4 aliphatic rings. The monoisotopic (exact) mass is 392 g/mol. The van der Waals surface area contributed by atoms with Gasteiger partial charge in [0.25, 0.3) is 0 Å². The minimum absolute atomic E-state index is 0.179. The summed E-state index contributed by atoms with van der Waals surface area (Å²) in [5.74, 6) is 2.36. The van der Waals surface area contributed by atoms with E-state index in [-0.39, 0.29) is 29.5 Å². The van der Waals surface area contributed by atoms with Crippen molar-refractivity contribution < 1.29 is 20.1 Å². The Labute approximate surface area is 170 Å². The maximum atomic E-state index is 11.2. The number of carboxylic acids is 1. The molecule has 28 heavy (non-hydrogen) atoms. The molecule has 0 amide bonds. The molecule has 0 heterocycles. The molecule has 4 heteroatoms. The molecule has 0 aromatic heterocycles. The summed E-state index contributed by atoms with van der Waals surface area (Å²) in [4.78, 5) is 11.1. The van der Waals surface area contributed by atoms with Gasteiger partial charge in [0, 0.05) is 6.42 Å². The lowest BCUT2D eigenvalue weighted by atomic mass is 9.43. The Morgan fingerprint density at radius 3 is 2.39 bits per heavy atom. The molecule has 0 spiro atoms. The standard InChI is InChI=1S/C24H40O4/c1-14(4-7-21(27)28)17-5-6-18-22-19(9-11-24(17,18)3)23(2)10-8-16(25)12-15(23)13-20(22)26/h14-20,22,25-26H,4-13H2,1-3H3,(H,27,28)/t14-,15+,16-,17?,18+,19+,20?,22+,23+,24-/m1/s1. The zero-order valence-electron chi connectivity index (χ0n) is 17.9. The van der Waals surface area contributed by atoms with Gasteiger partial charge in [-0.25, -0.2) is 0 Å². The molecule has 0 aromatic carbocycles. The van der Waals surface area contributed by atoms with Crippen LogP contribution in [0.4, 0.5) is 0 Å². The Morgan fingerprint density at radius 2 is 1.68 bits per heavy atom. The van der Waals surface area contributed by atoms with Gasteiger partial charge in [-0.15, -0.1) is 0 Å². The van der Waals surface area contributed by atoms with Crippen molar-refractivity contribution in [3.05, 3.63) is 0 Å². The number of carbonyl (C=O) groups is 1. The van der Waals surface area contributed by atoms with Crippen molar-refractivity contribution in [2.75, 3.05) is 0 Å². The molecule has 0 radical (unpaired) electrons. The maximum Gasteiger partial charge on any atom is 0.303 e. The van der Waals surface area contributed by atoms with Crippen molar-refractivity contribution in [1.29, 1.82) is 0 Å². The van der Waals surface area contributed by atoms with Crippen LogP contribution in [0.5, 0.6) is 0 Å².